The molecular formula is C17H22N2OS. The van der Waals surface area contributed by atoms with Gasteiger partial charge in [-0.3, -0.25) is 0 Å². The van der Waals surface area contributed by atoms with Crippen LogP contribution in [0.2, 0.25) is 0 Å². The lowest BCUT2D eigenvalue weighted by Gasteiger charge is -2.19. The third kappa shape index (κ3) is 4.49. The Kier molecular flexibility index (Phi) is 5.67. The van der Waals surface area contributed by atoms with Crippen LogP contribution in [-0.2, 0) is 6.42 Å². The molecule has 5 N–H and O–H groups in total. The van der Waals surface area contributed by atoms with Crippen molar-refractivity contribution in [1.29, 1.82) is 0 Å². The van der Waals surface area contributed by atoms with Crippen molar-refractivity contribution in [3.8, 4) is 0 Å². The number of anilines is 1. The molecule has 0 aliphatic carbocycles. The number of rotatable bonds is 6. The van der Waals surface area contributed by atoms with Gasteiger partial charge < -0.3 is 16.6 Å². The first-order valence-electron chi connectivity index (χ1n) is 7.03. The molecule has 21 heavy (non-hydrogen) atoms. The van der Waals surface area contributed by atoms with Crippen LogP contribution in [0.25, 0.3) is 0 Å². The Bertz CT molecular complexity index is 574. The Hall–Kier alpha value is -1.49. The molecule has 3 nitrogen and oxygen atoms in total. The van der Waals surface area contributed by atoms with Crippen LogP contribution in [0.3, 0.4) is 0 Å². The van der Waals surface area contributed by atoms with Gasteiger partial charge in [0.1, 0.15) is 0 Å². The Morgan fingerprint density at radius 3 is 2.52 bits per heavy atom. The average Bonchev–Trinajstić information content (AvgIpc) is 2.49. The van der Waals surface area contributed by atoms with E-state index in [1.165, 1.54) is 0 Å². The molecule has 2 aromatic rings. The molecule has 0 aliphatic rings. The summed E-state index contributed by atoms with van der Waals surface area (Å²) in [5.74, 6) is 0.543. The van der Waals surface area contributed by atoms with Gasteiger partial charge in [0.25, 0.3) is 0 Å². The Morgan fingerprint density at radius 1 is 1.10 bits per heavy atom. The van der Waals surface area contributed by atoms with E-state index in [2.05, 4.69) is 0 Å². The number of para-hydroxylation sites is 1. The standard InChI is InChI=1S/C17H22N2OS/c1-12-6-5-9-16(17(12)19)21-11-15(20)14(18)10-13-7-3-2-4-8-13/h2-9,14-15,20H,10-11,18-19H2,1H3. The van der Waals surface area contributed by atoms with E-state index in [0.717, 1.165) is 21.7 Å². The molecule has 0 bridgehead atoms. The zero-order valence-corrected chi connectivity index (χ0v) is 13.0. The van der Waals surface area contributed by atoms with E-state index < -0.39 is 6.10 Å². The lowest BCUT2D eigenvalue weighted by atomic mass is 10.0. The number of nitrogen functional groups attached to an aromatic ring is 1. The van der Waals surface area contributed by atoms with Crippen LogP contribution in [0.4, 0.5) is 5.69 Å². The third-order valence-electron chi connectivity index (χ3n) is 3.50. The zero-order valence-electron chi connectivity index (χ0n) is 12.2. The average molecular weight is 302 g/mol. The van der Waals surface area contributed by atoms with Crippen LogP contribution in [0.15, 0.2) is 53.4 Å². The maximum atomic E-state index is 10.2. The molecule has 0 aromatic heterocycles. The highest BCUT2D eigenvalue weighted by Gasteiger charge is 2.16. The predicted octanol–water partition coefficient (Wildman–Crippen LogP) is 2.60. The Morgan fingerprint density at radius 2 is 1.81 bits per heavy atom. The molecule has 0 aliphatic heterocycles. The smallest absolute Gasteiger partial charge is 0.0788 e. The topological polar surface area (TPSA) is 72.3 Å². The first-order valence-corrected chi connectivity index (χ1v) is 8.02. The highest BCUT2D eigenvalue weighted by Crippen LogP contribution is 2.28. The summed E-state index contributed by atoms with van der Waals surface area (Å²) in [5, 5.41) is 10.2. The van der Waals surface area contributed by atoms with Crippen LogP contribution in [0.5, 0.6) is 0 Å². The zero-order chi connectivity index (χ0) is 15.2. The summed E-state index contributed by atoms with van der Waals surface area (Å²) in [4.78, 5) is 1.00. The fraction of sp³-hybridized carbons (Fsp3) is 0.294. The van der Waals surface area contributed by atoms with E-state index in [9.17, 15) is 5.11 Å². The molecule has 0 radical (unpaired) electrons. The fourth-order valence-corrected chi connectivity index (χ4v) is 3.19. The SMILES string of the molecule is Cc1cccc(SCC(O)C(N)Cc2ccccc2)c1N. The molecule has 2 rings (SSSR count). The van der Waals surface area contributed by atoms with Crippen molar-refractivity contribution in [3.63, 3.8) is 0 Å². The van der Waals surface area contributed by atoms with Crippen LogP contribution >= 0.6 is 11.8 Å². The van der Waals surface area contributed by atoms with Crippen molar-refractivity contribution in [1.82, 2.24) is 0 Å². The highest BCUT2D eigenvalue weighted by molar-refractivity contribution is 7.99. The van der Waals surface area contributed by atoms with E-state index in [4.69, 9.17) is 11.5 Å². The van der Waals surface area contributed by atoms with E-state index in [1.54, 1.807) is 11.8 Å². The number of nitrogens with two attached hydrogens (primary N) is 2. The van der Waals surface area contributed by atoms with Crippen LogP contribution in [0, 0.1) is 6.92 Å². The van der Waals surface area contributed by atoms with Crippen LogP contribution in [-0.4, -0.2) is 23.0 Å². The molecule has 112 valence electrons. The predicted molar refractivity (Wildman–Crippen MR) is 90.4 cm³/mol. The monoisotopic (exact) mass is 302 g/mol. The molecule has 0 saturated heterocycles. The Labute approximate surface area is 130 Å². The summed E-state index contributed by atoms with van der Waals surface area (Å²) < 4.78 is 0. The number of benzene rings is 2. The van der Waals surface area contributed by atoms with Crippen molar-refractivity contribution in [2.45, 2.75) is 30.4 Å². The quantitative estimate of drug-likeness (QED) is 0.566. The van der Waals surface area contributed by atoms with Crippen molar-refractivity contribution >= 4 is 17.4 Å². The minimum Gasteiger partial charge on any atom is -0.398 e. The normalized spacial score (nSPS) is 13.9. The molecule has 2 unspecified atom stereocenters. The largest absolute Gasteiger partial charge is 0.398 e. The maximum absolute atomic E-state index is 10.2. The third-order valence-corrected chi connectivity index (χ3v) is 4.68. The number of aliphatic hydroxyl groups excluding tert-OH is 1. The molecule has 2 aromatic carbocycles. The molecule has 0 saturated carbocycles. The first-order chi connectivity index (χ1) is 10.1. The lowest BCUT2D eigenvalue weighted by molar-refractivity contribution is 0.168. The summed E-state index contributed by atoms with van der Waals surface area (Å²) in [6.45, 7) is 1.98. The summed E-state index contributed by atoms with van der Waals surface area (Å²) >= 11 is 1.55. The number of aliphatic hydroxyl groups is 1. The van der Waals surface area contributed by atoms with Crippen LogP contribution < -0.4 is 11.5 Å². The lowest BCUT2D eigenvalue weighted by Crippen LogP contribution is -2.38. The van der Waals surface area contributed by atoms with Gasteiger partial charge in [-0.2, -0.15) is 0 Å². The minimum atomic E-state index is -0.560. The van der Waals surface area contributed by atoms with Gasteiger partial charge in [-0.1, -0.05) is 42.5 Å². The van der Waals surface area contributed by atoms with Crippen molar-refractivity contribution in [2.75, 3.05) is 11.5 Å². The van der Waals surface area contributed by atoms with E-state index >= 15 is 0 Å². The second-order valence-electron chi connectivity index (χ2n) is 5.22. The summed E-state index contributed by atoms with van der Waals surface area (Å²) in [5.41, 5.74) is 15.1. The fourth-order valence-electron chi connectivity index (χ4n) is 2.10. The maximum Gasteiger partial charge on any atom is 0.0788 e. The van der Waals surface area contributed by atoms with Crippen molar-refractivity contribution in [2.24, 2.45) is 5.73 Å². The van der Waals surface area contributed by atoms with E-state index in [1.807, 2.05) is 55.5 Å². The second-order valence-corrected chi connectivity index (χ2v) is 6.28. The Balaban J connectivity index is 1.89. The second kappa shape index (κ2) is 7.50. The van der Waals surface area contributed by atoms with Gasteiger partial charge >= 0.3 is 0 Å². The van der Waals surface area contributed by atoms with Gasteiger partial charge in [0.05, 0.1) is 6.10 Å². The van der Waals surface area contributed by atoms with Gasteiger partial charge in [-0.05, 0) is 30.5 Å². The van der Waals surface area contributed by atoms with Gasteiger partial charge in [0.15, 0.2) is 0 Å². The molecule has 0 spiro atoms. The number of aryl methyl sites for hydroxylation is 1. The number of thioether (sulfide) groups is 1. The van der Waals surface area contributed by atoms with E-state index in [-0.39, 0.29) is 6.04 Å². The van der Waals surface area contributed by atoms with Crippen molar-refractivity contribution in [3.05, 3.63) is 59.7 Å². The summed E-state index contributed by atoms with van der Waals surface area (Å²) in [7, 11) is 0. The minimum absolute atomic E-state index is 0.272. The number of hydrogen-bond donors (Lipinski definition) is 3. The molecule has 0 fully saturated rings. The van der Waals surface area contributed by atoms with Gasteiger partial charge in [0.2, 0.25) is 0 Å². The summed E-state index contributed by atoms with van der Waals surface area (Å²) in [6, 6.07) is 15.7. The molecular weight excluding hydrogens is 280 g/mol. The van der Waals surface area contributed by atoms with Gasteiger partial charge in [-0.25, -0.2) is 0 Å². The highest BCUT2D eigenvalue weighted by atomic mass is 32.2. The molecule has 4 heteroatoms. The van der Waals surface area contributed by atoms with Gasteiger partial charge in [-0.15, -0.1) is 11.8 Å². The first kappa shape index (κ1) is 15.9. The molecule has 0 heterocycles. The van der Waals surface area contributed by atoms with Crippen molar-refractivity contribution < 1.29 is 5.11 Å². The van der Waals surface area contributed by atoms with E-state index in [0.29, 0.717) is 12.2 Å². The molecule has 2 atom stereocenters. The van der Waals surface area contributed by atoms with Gasteiger partial charge in [0, 0.05) is 22.4 Å². The summed E-state index contributed by atoms with van der Waals surface area (Å²) in [6.07, 6.45) is 0.112. The van der Waals surface area contributed by atoms with Crippen LogP contribution in [0.1, 0.15) is 11.1 Å². The molecule has 0 amide bonds. The number of hydrogen-bond acceptors (Lipinski definition) is 4.